The average Bonchev–Trinajstić information content (AvgIpc) is 2.50. The first-order chi connectivity index (χ1) is 10.8. The van der Waals surface area contributed by atoms with Gasteiger partial charge in [0.2, 0.25) is 15.9 Å². The molecule has 23 heavy (non-hydrogen) atoms. The van der Waals surface area contributed by atoms with Crippen LogP contribution in [0.2, 0.25) is 0 Å². The van der Waals surface area contributed by atoms with E-state index in [0.717, 1.165) is 15.0 Å². The Bertz CT molecular complexity index is 777. The second-order valence-electron chi connectivity index (χ2n) is 5.09. The van der Waals surface area contributed by atoms with Crippen LogP contribution in [0, 0.1) is 0 Å². The van der Waals surface area contributed by atoms with Gasteiger partial charge in [-0.3, -0.25) is 4.79 Å². The fraction of sp³-hybridized carbons (Fsp3) is 0.188. The molecule has 1 unspecified atom stereocenters. The van der Waals surface area contributed by atoms with E-state index < -0.39 is 22.0 Å². The first kappa shape index (κ1) is 17.7. The lowest BCUT2D eigenvalue weighted by Crippen LogP contribution is -2.38. The van der Waals surface area contributed by atoms with E-state index in [0.29, 0.717) is 11.3 Å². The van der Waals surface area contributed by atoms with Gasteiger partial charge < -0.3 is 5.32 Å². The molecule has 122 valence electrons. The Labute approximate surface area is 144 Å². The highest BCUT2D eigenvalue weighted by Crippen LogP contribution is 2.24. The Kier molecular flexibility index (Phi) is 5.56. The molecule has 0 heterocycles. The van der Waals surface area contributed by atoms with E-state index in [4.69, 9.17) is 0 Å². The number of halogens is 1. The lowest BCUT2D eigenvalue weighted by molar-refractivity contribution is -0.119. The molecule has 0 aliphatic carbocycles. The summed E-state index contributed by atoms with van der Waals surface area (Å²) in [6.07, 6.45) is 1.08. The zero-order chi connectivity index (χ0) is 17.0. The maximum absolute atomic E-state index is 12.7. The van der Waals surface area contributed by atoms with Crippen molar-refractivity contribution in [3.05, 3.63) is 64.6 Å². The van der Waals surface area contributed by atoms with Crippen LogP contribution < -0.4 is 5.32 Å². The second-order valence-corrected chi connectivity index (χ2v) is 8.05. The van der Waals surface area contributed by atoms with Crippen LogP contribution in [0.3, 0.4) is 0 Å². The summed E-state index contributed by atoms with van der Waals surface area (Å²) in [7, 11) is -2.13. The number of hydrogen-bond donors (Lipinski definition) is 1. The lowest BCUT2D eigenvalue weighted by Gasteiger charge is -2.25. The Morgan fingerprint density at radius 2 is 1.65 bits per heavy atom. The van der Waals surface area contributed by atoms with Gasteiger partial charge in [-0.25, -0.2) is 8.42 Å². The molecule has 2 aromatic rings. The van der Waals surface area contributed by atoms with Crippen LogP contribution in [0.5, 0.6) is 0 Å². The summed E-state index contributed by atoms with van der Waals surface area (Å²) in [5.74, 6) is -0.411. The van der Waals surface area contributed by atoms with Crippen LogP contribution in [0.1, 0.15) is 11.6 Å². The number of nitrogens with zero attached hydrogens (tertiary/aromatic N) is 1. The predicted molar refractivity (Wildman–Crippen MR) is 94.6 cm³/mol. The van der Waals surface area contributed by atoms with Gasteiger partial charge in [-0.05, 0) is 29.8 Å². The van der Waals surface area contributed by atoms with Crippen molar-refractivity contribution < 1.29 is 13.2 Å². The highest BCUT2D eigenvalue weighted by atomic mass is 79.9. The molecular weight excluding hydrogens is 380 g/mol. The minimum Gasteiger partial charge on any atom is -0.324 e. The van der Waals surface area contributed by atoms with Crippen molar-refractivity contribution in [3.63, 3.8) is 0 Å². The molecule has 0 saturated carbocycles. The number of carbonyl (C=O) groups excluding carboxylic acids is 1. The van der Waals surface area contributed by atoms with Crippen LogP contribution in [0.4, 0.5) is 5.69 Å². The summed E-state index contributed by atoms with van der Waals surface area (Å²) in [5, 5.41) is 2.75. The third-order valence-corrected chi connectivity index (χ3v) is 5.15. The maximum Gasteiger partial charge on any atom is 0.247 e. The molecule has 2 aromatic carbocycles. The van der Waals surface area contributed by atoms with Gasteiger partial charge in [-0.1, -0.05) is 46.3 Å². The normalized spacial score (nSPS) is 12.9. The molecule has 0 fully saturated rings. The van der Waals surface area contributed by atoms with Crippen molar-refractivity contribution in [1.82, 2.24) is 4.31 Å². The number of likely N-dealkylation sites (N-methyl/N-ethyl adjacent to an activating group) is 1. The molecule has 2 rings (SSSR count). The molecule has 7 heteroatoms. The molecule has 1 atom stereocenters. The Morgan fingerprint density at radius 1 is 1.09 bits per heavy atom. The lowest BCUT2D eigenvalue weighted by atomic mass is 10.1. The fourth-order valence-electron chi connectivity index (χ4n) is 2.10. The van der Waals surface area contributed by atoms with Crippen molar-refractivity contribution in [2.45, 2.75) is 6.04 Å². The van der Waals surface area contributed by atoms with Crippen LogP contribution in [-0.2, 0) is 14.8 Å². The monoisotopic (exact) mass is 396 g/mol. The zero-order valence-electron chi connectivity index (χ0n) is 12.7. The number of benzene rings is 2. The topological polar surface area (TPSA) is 66.5 Å². The number of anilines is 1. The summed E-state index contributed by atoms with van der Waals surface area (Å²) in [4.78, 5) is 12.7. The number of sulfonamides is 1. The highest BCUT2D eigenvalue weighted by molar-refractivity contribution is 9.10. The van der Waals surface area contributed by atoms with Gasteiger partial charge in [0.05, 0.1) is 6.26 Å². The van der Waals surface area contributed by atoms with E-state index >= 15 is 0 Å². The molecule has 0 aliphatic rings. The Morgan fingerprint density at radius 3 is 2.17 bits per heavy atom. The molecule has 0 saturated heterocycles. The van der Waals surface area contributed by atoms with E-state index in [1.165, 1.54) is 7.05 Å². The molecule has 0 radical (unpaired) electrons. The SMILES string of the molecule is CN(C(C(=O)Nc1ccc(Br)cc1)c1ccccc1)S(C)(=O)=O. The van der Waals surface area contributed by atoms with Crippen molar-refractivity contribution >= 4 is 37.5 Å². The third-order valence-electron chi connectivity index (χ3n) is 3.36. The molecule has 1 N–H and O–H groups in total. The smallest absolute Gasteiger partial charge is 0.247 e. The van der Waals surface area contributed by atoms with Gasteiger partial charge in [0, 0.05) is 17.2 Å². The van der Waals surface area contributed by atoms with Gasteiger partial charge >= 0.3 is 0 Å². The second kappa shape index (κ2) is 7.25. The molecule has 1 amide bonds. The van der Waals surface area contributed by atoms with Crippen molar-refractivity contribution in [3.8, 4) is 0 Å². The van der Waals surface area contributed by atoms with Crippen molar-refractivity contribution in [2.75, 3.05) is 18.6 Å². The Hall–Kier alpha value is -1.70. The molecular formula is C16H17BrN2O3S. The average molecular weight is 397 g/mol. The van der Waals surface area contributed by atoms with Crippen molar-refractivity contribution in [1.29, 1.82) is 0 Å². The quantitative estimate of drug-likeness (QED) is 0.844. The minimum atomic E-state index is -3.53. The van der Waals surface area contributed by atoms with Gasteiger partial charge in [-0.2, -0.15) is 4.31 Å². The summed E-state index contributed by atoms with van der Waals surface area (Å²) >= 11 is 3.33. The molecule has 0 bridgehead atoms. The summed E-state index contributed by atoms with van der Waals surface area (Å²) in [6, 6.07) is 15.0. The molecule has 0 aliphatic heterocycles. The number of rotatable bonds is 5. The summed E-state index contributed by atoms with van der Waals surface area (Å²) in [6.45, 7) is 0. The zero-order valence-corrected chi connectivity index (χ0v) is 15.1. The van der Waals surface area contributed by atoms with E-state index in [2.05, 4.69) is 21.2 Å². The molecule has 0 aromatic heterocycles. The number of nitrogens with one attached hydrogen (secondary N) is 1. The minimum absolute atomic E-state index is 0.411. The number of hydrogen-bond acceptors (Lipinski definition) is 3. The molecule has 0 spiro atoms. The number of carbonyl (C=O) groups is 1. The maximum atomic E-state index is 12.7. The predicted octanol–water partition coefficient (Wildman–Crippen LogP) is 3.02. The van der Waals surface area contributed by atoms with E-state index in [1.807, 2.05) is 6.07 Å². The largest absolute Gasteiger partial charge is 0.324 e. The Balaban J connectivity index is 2.33. The van der Waals surface area contributed by atoms with Crippen LogP contribution in [0.25, 0.3) is 0 Å². The van der Waals surface area contributed by atoms with E-state index in [-0.39, 0.29) is 0 Å². The van der Waals surface area contributed by atoms with Gasteiger partial charge in [0.25, 0.3) is 0 Å². The fourth-order valence-corrected chi connectivity index (χ4v) is 2.96. The third kappa shape index (κ3) is 4.63. The van der Waals surface area contributed by atoms with Gasteiger partial charge in [0.15, 0.2) is 0 Å². The van der Waals surface area contributed by atoms with Gasteiger partial charge in [-0.15, -0.1) is 0 Å². The number of amides is 1. The summed E-state index contributed by atoms with van der Waals surface area (Å²) < 4.78 is 25.7. The molecule has 5 nitrogen and oxygen atoms in total. The van der Waals surface area contributed by atoms with E-state index in [9.17, 15) is 13.2 Å². The van der Waals surface area contributed by atoms with Crippen LogP contribution in [0.15, 0.2) is 59.1 Å². The standard InChI is InChI=1S/C16H17BrN2O3S/c1-19(23(2,21)22)15(12-6-4-3-5-7-12)16(20)18-14-10-8-13(17)9-11-14/h3-11,15H,1-2H3,(H,18,20). The van der Waals surface area contributed by atoms with E-state index in [1.54, 1.807) is 48.5 Å². The summed E-state index contributed by atoms with van der Waals surface area (Å²) in [5.41, 5.74) is 1.20. The van der Waals surface area contributed by atoms with Gasteiger partial charge in [0.1, 0.15) is 6.04 Å². The highest BCUT2D eigenvalue weighted by Gasteiger charge is 2.30. The van der Waals surface area contributed by atoms with Crippen molar-refractivity contribution in [2.24, 2.45) is 0 Å². The first-order valence-corrected chi connectivity index (χ1v) is 9.47. The first-order valence-electron chi connectivity index (χ1n) is 6.83. The van der Waals surface area contributed by atoms with Crippen LogP contribution in [-0.4, -0.2) is 31.9 Å². The van der Waals surface area contributed by atoms with Crippen LogP contribution >= 0.6 is 15.9 Å².